The second-order valence-corrected chi connectivity index (χ2v) is 4.34. The number of ether oxygens (including phenoxy) is 2. The van der Waals surface area contributed by atoms with Gasteiger partial charge in [-0.15, -0.1) is 0 Å². The molecule has 0 saturated heterocycles. The van der Waals surface area contributed by atoms with E-state index >= 15 is 0 Å². The van der Waals surface area contributed by atoms with E-state index in [4.69, 9.17) is 15.2 Å². The molecule has 4 heteroatoms. The first kappa shape index (κ1) is 12.6. The first-order chi connectivity index (χ1) is 8.68. The summed E-state index contributed by atoms with van der Waals surface area (Å²) in [6.45, 7) is 5.11. The lowest BCUT2D eigenvalue weighted by molar-refractivity contribution is 0.0556. The van der Waals surface area contributed by atoms with E-state index in [-0.39, 0.29) is 6.10 Å². The van der Waals surface area contributed by atoms with Crippen molar-refractivity contribution in [2.24, 2.45) is 0 Å². The topological polar surface area (TPSA) is 57.4 Å². The SMILES string of the molecule is CC(C)OCCOc1ccc(N)c2cnccc12. The van der Waals surface area contributed by atoms with E-state index in [1.54, 1.807) is 12.4 Å². The van der Waals surface area contributed by atoms with Gasteiger partial charge in [-0.1, -0.05) is 0 Å². The van der Waals surface area contributed by atoms with Gasteiger partial charge in [0.15, 0.2) is 0 Å². The number of anilines is 1. The second kappa shape index (κ2) is 5.69. The molecule has 0 aliphatic carbocycles. The minimum Gasteiger partial charge on any atom is -0.491 e. The van der Waals surface area contributed by atoms with E-state index in [9.17, 15) is 0 Å². The van der Waals surface area contributed by atoms with Crippen molar-refractivity contribution in [3.63, 3.8) is 0 Å². The zero-order valence-electron chi connectivity index (χ0n) is 10.7. The van der Waals surface area contributed by atoms with Gasteiger partial charge in [0.25, 0.3) is 0 Å². The minimum atomic E-state index is 0.223. The van der Waals surface area contributed by atoms with Crippen molar-refractivity contribution in [2.75, 3.05) is 18.9 Å². The van der Waals surface area contributed by atoms with Gasteiger partial charge < -0.3 is 15.2 Å². The van der Waals surface area contributed by atoms with Gasteiger partial charge in [0.2, 0.25) is 0 Å². The molecule has 0 amide bonds. The van der Waals surface area contributed by atoms with Crippen LogP contribution >= 0.6 is 0 Å². The maximum atomic E-state index is 5.90. The maximum Gasteiger partial charge on any atom is 0.127 e. The molecule has 0 atom stereocenters. The Morgan fingerprint density at radius 1 is 1.17 bits per heavy atom. The van der Waals surface area contributed by atoms with Crippen LogP contribution in [0.2, 0.25) is 0 Å². The number of pyridine rings is 1. The van der Waals surface area contributed by atoms with Crippen LogP contribution in [0.3, 0.4) is 0 Å². The van der Waals surface area contributed by atoms with Gasteiger partial charge in [0.1, 0.15) is 12.4 Å². The fraction of sp³-hybridized carbons (Fsp3) is 0.357. The van der Waals surface area contributed by atoms with Crippen LogP contribution in [0.5, 0.6) is 5.75 Å². The van der Waals surface area contributed by atoms with Crippen LogP contribution in [0, 0.1) is 0 Å². The Morgan fingerprint density at radius 2 is 2.00 bits per heavy atom. The molecule has 1 heterocycles. The standard InChI is InChI=1S/C14H18N2O2/c1-10(2)17-7-8-18-14-4-3-13(15)12-9-16-6-5-11(12)14/h3-6,9-10H,7-8,15H2,1-2H3. The Bertz CT molecular complexity index is 526. The van der Waals surface area contributed by atoms with E-state index in [1.807, 2.05) is 32.0 Å². The Kier molecular flexibility index (Phi) is 3.99. The van der Waals surface area contributed by atoms with Crippen molar-refractivity contribution in [3.05, 3.63) is 30.6 Å². The van der Waals surface area contributed by atoms with Crippen LogP contribution in [-0.2, 0) is 4.74 Å². The van der Waals surface area contributed by atoms with Crippen molar-refractivity contribution < 1.29 is 9.47 Å². The summed E-state index contributed by atoms with van der Waals surface area (Å²) in [5.41, 5.74) is 6.61. The third-order valence-electron chi connectivity index (χ3n) is 2.60. The van der Waals surface area contributed by atoms with Gasteiger partial charge in [-0.25, -0.2) is 0 Å². The highest BCUT2D eigenvalue weighted by molar-refractivity contribution is 5.96. The van der Waals surface area contributed by atoms with E-state index in [0.29, 0.717) is 18.9 Å². The molecule has 1 aromatic carbocycles. The number of aromatic nitrogens is 1. The van der Waals surface area contributed by atoms with Crippen molar-refractivity contribution in [1.82, 2.24) is 4.98 Å². The van der Waals surface area contributed by atoms with E-state index in [1.165, 1.54) is 0 Å². The molecule has 0 aliphatic heterocycles. The van der Waals surface area contributed by atoms with Gasteiger partial charge in [-0.2, -0.15) is 0 Å². The largest absolute Gasteiger partial charge is 0.491 e. The quantitative estimate of drug-likeness (QED) is 0.651. The number of nitrogen functional groups attached to an aromatic ring is 1. The lowest BCUT2D eigenvalue weighted by Crippen LogP contribution is -2.11. The second-order valence-electron chi connectivity index (χ2n) is 4.34. The summed E-state index contributed by atoms with van der Waals surface area (Å²) in [5, 5.41) is 1.90. The molecule has 18 heavy (non-hydrogen) atoms. The lowest BCUT2D eigenvalue weighted by Gasteiger charge is -2.12. The normalized spacial score (nSPS) is 11.1. The summed E-state index contributed by atoms with van der Waals surface area (Å²) < 4.78 is 11.2. The first-order valence-electron chi connectivity index (χ1n) is 6.05. The monoisotopic (exact) mass is 246 g/mol. The molecule has 0 unspecified atom stereocenters. The minimum absolute atomic E-state index is 0.223. The van der Waals surface area contributed by atoms with Crippen molar-refractivity contribution in [1.29, 1.82) is 0 Å². The molecule has 0 bridgehead atoms. The molecule has 0 saturated carbocycles. The number of nitrogens with two attached hydrogens (primary N) is 1. The highest BCUT2D eigenvalue weighted by atomic mass is 16.5. The van der Waals surface area contributed by atoms with Crippen molar-refractivity contribution >= 4 is 16.5 Å². The third kappa shape index (κ3) is 2.90. The highest BCUT2D eigenvalue weighted by Gasteiger charge is 2.05. The molecule has 2 aromatic rings. The Balaban J connectivity index is 2.11. The van der Waals surface area contributed by atoms with Crippen molar-refractivity contribution in [2.45, 2.75) is 20.0 Å². The fourth-order valence-corrected chi connectivity index (χ4v) is 1.75. The van der Waals surface area contributed by atoms with Gasteiger partial charge in [0, 0.05) is 28.9 Å². The average molecular weight is 246 g/mol. The maximum absolute atomic E-state index is 5.90. The zero-order chi connectivity index (χ0) is 13.0. The predicted molar refractivity (Wildman–Crippen MR) is 72.7 cm³/mol. The molecule has 4 nitrogen and oxygen atoms in total. The van der Waals surface area contributed by atoms with Crippen LogP contribution < -0.4 is 10.5 Å². The summed E-state index contributed by atoms with van der Waals surface area (Å²) in [7, 11) is 0. The zero-order valence-corrected chi connectivity index (χ0v) is 10.7. The summed E-state index contributed by atoms with van der Waals surface area (Å²) in [6.07, 6.45) is 3.71. The van der Waals surface area contributed by atoms with Gasteiger partial charge in [-0.3, -0.25) is 4.98 Å². The first-order valence-corrected chi connectivity index (χ1v) is 6.05. The predicted octanol–water partition coefficient (Wildman–Crippen LogP) is 2.62. The van der Waals surface area contributed by atoms with Crippen molar-refractivity contribution in [3.8, 4) is 5.75 Å². The Morgan fingerprint density at radius 3 is 2.78 bits per heavy atom. The molecule has 0 aliphatic rings. The summed E-state index contributed by atoms with van der Waals surface area (Å²) in [6, 6.07) is 5.63. The number of nitrogens with zero attached hydrogens (tertiary/aromatic N) is 1. The number of hydrogen-bond acceptors (Lipinski definition) is 4. The van der Waals surface area contributed by atoms with E-state index in [2.05, 4.69) is 4.98 Å². The number of fused-ring (bicyclic) bond motifs is 1. The van der Waals surface area contributed by atoms with Crippen LogP contribution in [0.25, 0.3) is 10.8 Å². The Labute approximate surface area is 107 Å². The van der Waals surface area contributed by atoms with Crippen LogP contribution in [0.1, 0.15) is 13.8 Å². The van der Waals surface area contributed by atoms with Crippen LogP contribution in [0.4, 0.5) is 5.69 Å². The molecule has 0 spiro atoms. The van der Waals surface area contributed by atoms with Gasteiger partial charge in [-0.05, 0) is 32.0 Å². The molecule has 0 radical (unpaired) electrons. The number of rotatable bonds is 5. The van der Waals surface area contributed by atoms with Gasteiger partial charge in [0.05, 0.1) is 12.7 Å². The third-order valence-corrected chi connectivity index (χ3v) is 2.60. The van der Waals surface area contributed by atoms with E-state index < -0.39 is 0 Å². The van der Waals surface area contributed by atoms with Gasteiger partial charge >= 0.3 is 0 Å². The smallest absolute Gasteiger partial charge is 0.127 e. The average Bonchev–Trinajstić information content (AvgIpc) is 2.37. The molecule has 96 valence electrons. The van der Waals surface area contributed by atoms with Crippen LogP contribution in [-0.4, -0.2) is 24.3 Å². The lowest BCUT2D eigenvalue weighted by atomic mass is 10.1. The summed E-state index contributed by atoms with van der Waals surface area (Å²) in [4.78, 5) is 4.07. The molecular formula is C14H18N2O2. The fourth-order valence-electron chi connectivity index (χ4n) is 1.75. The Hall–Kier alpha value is -1.81. The number of benzene rings is 1. The molecule has 2 N–H and O–H groups in total. The molecule has 2 rings (SSSR count). The van der Waals surface area contributed by atoms with E-state index in [0.717, 1.165) is 16.5 Å². The summed E-state index contributed by atoms with van der Waals surface area (Å²) in [5.74, 6) is 0.814. The molecule has 1 aromatic heterocycles. The van der Waals surface area contributed by atoms with Crippen LogP contribution in [0.15, 0.2) is 30.6 Å². The summed E-state index contributed by atoms with van der Waals surface area (Å²) >= 11 is 0. The molecule has 0 fully saturated rings. The highest BCUT2D eigenvalue weighted by Crippen LogP contribution is 2.29. The molecular weight excluding hydrogens is 228 g/mol. The number of hydrogen-bond donors (Lipinski definition) is 1.